The first-order valence-corrected chi connectivity index (χ1v) is 10.8. The number of carbonyl (C=O) groups is 2. The molecule has 154 valence electrons. The van der Waals surface area contributed by atoms with Gasteiger partial charge in [0.25, 0.3) is 0 Å². The van der Waals surface area contributed by atoms with Crippen molar-refractivity contribution in [2.45, 2.75) is 13.8 Å². The number of amides is 1. The molecule has 30 heavy (non-hydrogen) atoms. The lowest BCUT2D eigenvalue weighted by molar-refractivity contribution is -0.111. The Morgan fingerprint density at radius 3 is 2.50 bits per heavy atom. The smallest absolute Gasteiger partial charge is 0.341 e. The number of hydrogen-bond donors (Lipinski definition) is 1. The van der Waals surface area contributed by atoms with E-state index in [4.69, 9.17) is 27.9 Å². The highest BCUT2D eigenvalue weighted by molar-refractivity contribution is 7.15. The summed E-state index contributed by atoms with van der Waals surface area (Å²) < 4.78 is 5.22. The number of rotatable bonds is 6. The van der Waals surface area contributed by atoms with Gasteiger partial charge in [-0.05, 0) is 43.2 Å². The van der Waals surface area contributed by atoms with Crippen LogP contribution in [0.25, 0.3) is 17.2 Å². The average molecular weight is 460 g/mol. The second-order valence-electron chi connectivity index (χ2n) is 6.44. The van der Waals surface area contributed by atoms with Gasteiger partial charge < -0.3 is 10.1 Å². The topological polar surface area (TPSA) is 55.4 Å². The van der Waals surface area contributed by atoms with Gasteiger partial charge in [0.15, 0.2) is 0 Å². The summed E-state index contributed by atoms with van der Waals surface area (Å²) in [4.78, 5) is 25.1. The quantitative estimate of drug-likeness (QED) is 0.323. The van der Waals surface area contributed by atoms with E-state index in [0.717, 1.165) is 22.3 Å². The SMILES string of the molecule is CCOC(=O)c1c(-c2ccc(C)cc2)csc1NC(=O)/C=C/c1ccc(Cl)c(Cl)c1. The zero-order valence-electron chi connectivity index (χ0n) is 16.4. The van der Waals surface area contributed by atoms with Crippen molar-refractivity contribution in [2.75, 3.05) is 11.9 Å². The number of nitrogens with one attached hydrogen (secondary N) is 1. The molecule has 0 bridgehead atoms. The van der Waals surface area contributed by atoms with Crippen LogP contribution in [-0.2, 0) is 9.53 Å². The van der Waals surface area contributed by atoms with Gasteiger partial charge in [0.05, 0.1) is 16.7 Å². The maximum absolute atomic E-state index is 12.6. The Bertz CT molecular complexity index is 1100. The van der Waals surface area contributed by atoms with Crippen molar-refractivity contribution < 1.29 is 14.3 Å². The normalized spacial score (nSPS) is 10.9. The number of carbonyl (C=O) groups excluding carboxylic acids is 2. The Balaban J connectivity index is 1.86. The first-order valence-electron chi connectivity index (χ1n) is 9.18. The van der Waals surface area contributed by atoms with Gasteiger partial charge in [-0.1, -0.05) is 59.1 Å². The predicted octanol–water partition coefficient (Wildman–Crippen LogP) is 6.86. The number of esters is 1. The van der Waals surface area contributed by atoms with Crippen molar-refractivity contribution in [3.05, 3.63) is 80.7 Å². The summed E-state index contributed by atoms with van der Waals surface area (Å²) in [6.45, 7) is 3.98. The fourth-order valence-electron chi connectivity index (χ4n) is 2.74. The predicted molar refractivity (Wildman–Crippen MR) is 125 cm³/mol. The molecule has 7 heteroatoms. The maximum Gasteiger partial charge on any atom is 0.341 e. The Labute approximate surface area is 189 Å². The van der Waals surface area contributed by atoms with Crippen molar-refractivity contribution in [1.82, 2.24) is 0 Å². The van der Waals surface area contributed by atoms with E-state index in [2.05, 4.69) is 5.32 Å². The second-order valence-corrected chi connectivity index (χ2v) is 8.13. The highest BCUT2D eigenvalue weighted by Gasteiger charge is 2.22. The maximum atomic E-state index is 12.6. The molecule has 1 N–H and O–H groups in total. The van der Waals surface area contributed by atoms with Crippen LogP contribution in [0.5, 0.6) is 0 Å². The van der Waals surface area contributed by atoms with E-state index < -0.39 is 5.97 Å². The molecule has 1 aromatic heterocycles. The van der Waals surface area contributed by atoms with Gasteiger partial charge in [-0.3, -0.25) is 4.79 Å². The second kappa shape index (κ2) is 9.94. The van der Waals surface area contributed by atoms with Crippen molar-refractivity contribution in [2.24, 2.45) is 0 Å². The summed E-state index contributed by atoms with van der Waals surface area (Å²) in [6, 6.07) is 12.9. The highest BCUT2D eigenvalue weighted by Crippen LogP contribution is 2.36. The van der Waals surface area contributed by atoms with Crippen molar-refractivity contribution in [3.63, 3.8) is 0 Å². The van der Waals surface area contributed by atoms with Crippen LogP contribution in [0.1, 0.15) is 28.4 Å². The third-order valence-electron chi connectivity index (χ3n) is 4.24. The molecule has 0 spiro atoms. The molecule has 0 atom stereocenters. The fourth-order valence-corrected chi connectivity index (χ4v) is 4.01. The minimum Gasteiger partial charge on any atom is -0.462 e. The van der Waals surface area contributed by atoms with E-state index in [1.165, 1.54) is 17.4 Å². The van der Waals surface area contributed by atoms with Crippen LogP contribution in [0.4, 0.5) is 5.00 Å². The minimum atomic E-state index is -0.474. The number of thiophene rings is 1. The van der Waals surface area contributed by atoms with Crippen molar-refractivity contribution in [3.8, 4) is 11.1 Å². The van der Waals surface area contributed by atoms with Crippen LogP contribution in [0.3, 0.4) is 0 Å². The molecule has 0 aliphatic carbocycles. The van der Waals surface area contributed by atoms with Crippen LogP contribution in [0.15, 0.2) is 53.9 Å². The van der Waals surface area contributed by atoms with Crippen LogP contribution in [0, 0.1) is 6.92 Å². The lowest BCUT2D eigenvalue weighted by atomic mass is 10.0. The molecule has 0 aliphatic rings. The lowest BCUT2D eigenvalue weighted by Crippen LogP contribution is -2.12. The number of halogens is 2. The summed E-state index contributed by atoms with van der Waals surface area (Å²) in [6.07, 6.45) is 3.00. The average Bonchev–Trinajstić information content (AvgIpc) is 3.13. The van der Waals surface area contributed by atoms with E-state index in [9.17, 15) is 9.59 Å². The zero-order chi connectivity index (χ0) is 21.7. The zero-order valence-corrected chi connectivity index (χ0v) is 18.7. The molecule has 1 amide bonds. The molecule has 0 unspecified atom stereocenters. The Kier molecular flexibility index (Phi) is 7.32. The lowest BCUT2D eigenvalue weighted by Gasteiger charge is -2.08. The van der Waals surface area contributed by atoms with E-state index in [1.807, 2.05) is 36.6 Å². The van der Waals surface area contributed by atoms with Crippen LogP contribution < -0.4 is 5.32 Å². The molecular formula is C23H19Cl2NO3S. The van der Waals surface area contributed by atoms with Crippen LogP contribution in [0.2, 0.25) is 10.0 Å². The molecule has 0 radical (unpaired) electrons. The summed E-state index contributed by atoms with van der Waals surface area (Å²) in [5.41, 5.74) is 3.81. The van der Waals surface area contributed by atoms with E-state index in [-0.39, 0.29) is 12.5 Å². The van der Waals surface area contributed by atoms with Gasteiger partial charge in [-0.25, -0.2) is 4.79 Å². The first kappa shape index (κ1) is 22.1. The summed E-state index contributed by atoms with van der Waals surface area (Å²) in [7, 11) is 0. The molecule has 0 saturated carbocycles. The standard InChI is InChI=1S/C23H19Cl2NO3S/c1-3-29-23(28)21-17(16-8-4-14(2)5-9-16)13-30-22(21)26-20(27)11-7-15-6-10-18(24)19(25)12-15/h4-13H,3H2,1-2H3,(H,26,27)/b11-7+. The van der Waals surface area contributed by atoms with Gasteiger partial charge in [0.1, 0.15) is 10.6 Å². The number of hydrogen-bond acceptors (Lipinski definition) is 4. The largest absolute Gasteiger partial charge is 0.462 e. The third-order valence-corrected chi connectivity index (χ3v) is 5.88. The Morgan fingerprint density at radius 2 is 1.83 bits per heavy atom. The fraction of sp³-hybridized carbons (Fsp3) is 0.130. The number of benzene rings is 2. The highest BCUT2D eigenvalue weighted by atomic mass is 35.5. The Morgan fingerprint density at radius 1 is 1.10 bits per heavy atom. The van der Waals surface area contributed by atoms with E-state index in [0.29, 0.717) is 20.6 Å². The van der Waals surface area contributed by atoms with E-state index in [1.54, 1.807) is 31.2 Å². The molecule has 3 rings (SSSR count). The van der Waals surface area contributed by atoms with Gasteiger partial charge in [-0.2, -0.15) is 0 Å². The van der Waals surface area contributed by atoms with Gasteiger partial charge in [-0.15, -0.1) is 11.3 Å². The number of aryl methyl sites for hydroxylation is 1. The van der Waals surface area contributed by atoms with Crippen molar-refractivity contribution >= 4 is 57.5 Å². The van der Waals surface area contributed by atoms with Gasteiger partial charge in [0, 0.05) is 17.0 Å². The monoisotopic (exact) mass is 459 g/mol. The number of ether oxygens (including phenoxy) is 1. The summed E-state index contributed by atoms with van der Waals surface area (Å²) in [5, 5.41) is 5.91. The molecule has 4 nitrogen and oxygen atoms in total. The molecule has 3 aromatic rings. The minimum absolute atomic E-state index is 0.243. The molecular weight excluding hydrogens is 441 g/mol. The molecule has 1 heterocycles. The molecule has 2 aromatic carbocycles. The number of anilines is 1. The third kappa shape index (κ3) is 5.30. The first-order chi connectivity index (χ1) is 14.4. The van der Waals surface area contributed by atoms with Crippen LogP contribution in [-0.4, -0.2) is 18.5 Å². The summed E-state index contributed by atoms with van der Waals surface area (Å²) in [5.74, 6) is -0.845. The van der Waals surface area contributed by atoms with Crippen LogP contribution >= 0.6 is 34.5 Å². The molecule has 0 fully saturated rings. The molecule has 0 aliphatic heterocycles. The van der Waals surface area contributed by atoms with E-state index >= 15 is 0 Å². The summed E-state index contributed by atoms with van der Waals surface area (Å²) >= 11 is 13.2. The molecule has 0 saturated heterocycles. The van der Waals surface area contributed by atoms with Crippen molar-refractivity contribution in [1.29, 1.82) is 0 Å². The van der Waals surface area contributed by atoms with Gasteiger partial charge >= 0.3 is 5.97 Å². The Hall–Kier alpha value is -2.60. The van der Waals surface area contributed by atoms with Gasteiger partial charge in [0.2, 0.25) is 5.91 Å².